The number of thiazole rings is 1. The number of aromatic nitrogens is 1. The molecule has 1 fully saturated rings. The van der Waals surface area contributed by atoms with E-state index in [2.05, 4.69) is 44.6 Å². The van der Waals surface area contributed by atoms with E-state index in [-0.39, 0.29) is 0 Å². The lowest BCUT2D eigenvalue weighted by atomic mass is 10.0. The summed E-state index contributed by atoms with van der Waals surface area (Å²) in [7, 11) is 3.54. The van der Waals surface area contributed by atoms with Crippen LogP contribution in [-0.4, -0.2) is 50.8 Å². The molecule has 0 saturated carbocycles. The zero-order valence-corrected chi connectivity index (χ0v) is 17.2. The number of benzene rings is 1. The topological polar surface area (TPSA) is 61.8 Å². The average Bonchev–Trinajstić information content (AvgIpc) is 3.12. The molecule has 27 heavy (non-hydrogen) atoms. The predicted octanol–water partition coefficient (Wildman–Crippen LogP) is 2.84. The van der Waals surface area contributed by atoms with E-state index >= 15 is 0 Å². The van der Waals surface area contributed by atoms with Crippen molar-refractivity contribution in [2.45, 2.75) is 32.2 Å². The molecule has 1 aliphatic heterocycles. The molecule has 146 valence electrons. The maximum atomic E-state index is 5.36. The Morgan fingerprint density at radius 2 is 2.33 bits per heavy atom. The fourth-order valence-corrected chi connectivity index (χ4v) is 4.12. The molecular formula is C20H29N5OS. The smallest absolute Gasteiger partial charge is 0.191 e. The zero-order chi connectivity index (χ0) is 19.1. The molecule has 1 atom stereocenters. The van der Waals surface area contributed by atoms with Gasteiger partial charge in [0, 0.05) is 62.0 Å². The van der Waals surface area contributed by atoms with Gasteiger partial charge in [-0.3, -0.25) is 4.99 Å². The molecular weight excluding hydrogens is 358 g/mol. The predicted molar refractivity (Wildman–Crippen MR) is 113 cm³/mol. The molecule has 1 aromatic carbocycles. The largest absolute Gasteiger partial charge is 0.497 e. The van der Waals surface area contributed by atoms with E-state index in [0.717, 1.165) is 55.6 Å². The number of piperidine rings is 1. The molecule has 1 aromatic heterocycles. The van der Waals surface area contributed by atoms with Gasteiger partial charge in [-0.15, -0.1) is 11.3 Å². The molecule has 3 rings (SSSR count). The van der Waals surface area contributed by atoms with Crippen molar-refractivity contribution in [2.24, 2.45) is 4.99 Å². The van der Waals surface area contributed by atoms with E-state index in [9.17, 15) is 0 Å². The average molecular weight is 388 g/mol. The van der Waals surface area contributed by atoms with Crippen LogP contribution in [0.2, 0.25) is 0 Å². The third-order valence-electron chi connectivity index (χ3n) is 4.70. The summed E-state index contributed by atoms with van der Waals surface area (Å²) >= 11 is 1.76. The number of methoxy groups -OCH3 is 1. The third-order valence-corrected chi connectivity index (χ3v) is 5.68. The van der Waals surface area contributed by atoms with Crippen molar-refractivity contribution in [1.82, 2.24) is 15.6 Å². The van der Waals surface area contributed by atoms with Crippen LogP contribution >= 0.6 is 11.3 Å². The van der Waals surface area contributed by atoms with Gasteiger partial charge in [0.25, 0.3) is 0 Å². The summed E-state index contributed by atoms with van der Waals surface area (Å²) in [5.41, 5.74) is 1.21. The van der Waals surface area contributed by atoms with Gasteiger partial charge >= 0.3 is 0 Å². The van der Waals surface area contributed by atoms with Crippen molar-refractivity contribution in [3.05, 3.63) is 40.3 Å². The van der Waals surface area contributed by atoms with Crippen molar-refractivity contribution in [3.8, 4) is 5.75 Å². The lowest BCUT2D eigenvalue weighted by molar-refractivity contribution is 0.414. The van der Waals surface area contributed by atoms with E-state index in [0.29, 0.717) is 6.04 Å². The molecule has 0 aliphatic carbocycles. The normalized spacial score (nSPS) is 17.7. The number of hydrogen-bond donors (Lipinski definition) is 2. The Hall–Kier alpha value is -2.28. The molecule has 0 amide bonds. The lowest BCUT2D eigenvalue weighted by Gasteiger charge is -2.35. The molecule has 2 heterocycles. The summed E-state index contributed by atoms with van der Waals surface area (Å²) < 4.78 is 5.36. The van der Waals surface area contributed by atoms with Gasteiger partial charge in [-0.05, 0) is 31.9 Å². The quantitative estimate of drug-likeness (QED) is 0.590. The molecule has 1 saturated heterocycles. The first-order valence-electron chi connectivity index (χ1n) is 9.45. The van der Waals surface area contributed by atoms with Crippen LogP contribution in [0.1, 0.15) is 22.7 Å². The van der Waals surface area contributed by atoms with E-state index in [1.54, 1.807) is 18.4 Å². The minimum atomic E-state index is 0.373. The van der Waals surface area contributed by atoms with Crippen molar-refractivity contribution in [2.75, 3.05) is 38.7 Å². The minimum absolute atomic E-state index is 0.373. The molecule has 7 heteroatoms. The van der Waals surface area contributed by atoms with Crippen molar-refractivity contribution in [1.29, 1.82) is 0 Å². The summed E-state index contributed by atoms with van der Waals surface area (Å²) in [6.45, 7) is 4.95. The minimum Gasteiger partial charge on any atom is -0.497 e. The summed E-state index contributed by atoms with van der Waals surface area (Å²) in [4.78, 5) is 12.5. The lowest BCUT2D eigenvalue weighted by Crippen LogP contribution is -2.51. The van der Waals surface area contributed by atoms with Crippen LogP contribution in [0.5, 0.6) is 5.75 Å². The van der Waals surface area contributed by atoms with E-state index in [1.165, 1.54) is 10.6 Å². The highest BCUT2D eigenvalue weighted by Gasteiger charge is 2.21. The Morgan fingerprint density at radius 1 is 1.44 bits per heavy atom. The Balaban J connectivity index is 1.50. The number of nitrogens with one attached hydrogen (secondary N) is 2. The third kappa shape index (κ3) is 5.60. The van der Waals surface area contributed by atoms with E-state index < -0.39 is 0 Å². The fraction of sp³-hybridized carbons (Fsp3) is 0.500. The van der Waals surface area contributed by atoms with E-state index in [4.69, 9.17) is 4.74 Å². The van der Waals surface area contributed by atoms with Gasteiger partial charge in [0.2, 0.25) is 0 Å². The van der Waals surface area contributed by atoms with Crippen LogP contribution in [0.15, 0.2) is 35.5 Å². The number of aliphatic imine (C=N–C) groups is 1. The summed E-state index contributed by atoms with van der Waals surface area (Å²) in [5, 5.41) is 8.15. The SMILES string of the molecule is CN=C(NCCc1ncc(C)s1)NC1CCCN(c2cccc(OC)c2)C1. The van der Waals surface area contributed by atoms with Gasteiger partial charge in [0.1, 0.15) is 5.75 Å². The molecule has 0 spiro atoms. The Labute approximate surface area is 165 Å². The van der Waals surface area contributed by atoms with Crippen molar-refractivity contribution in [3.63, 3.8) is 0 Å². The molecule has 2 aromatic rings. The number of rotatable bonds is 6. The van der Waals surface area contributed by atoms with Gasteiger partial charge in [0.05, 0.1) is 12.1 Å². The standard InChI is InChI=1S/C20H29N5OS/c1-15-13-23-19(27-15)9-10-22-20(21-2)24-16-6-5-11-25(14-16)17-7-4-8-18(12-17)26-3/h4,7-8,12-13,16H,5-6,9-11,14H2,1-3H3,(H2,21,22,24). The Bertz CT molecular complexity index is 760. The first kappa shape index (κ1) is 19.5. The fourth-order valence-electron chi connectivity index (χ4n) is 3.33. The zero-order valence-electron chi connectivity index (χ0n) is 16.4. The maximum Gasteiger partial charge on any atom is 0.191 e. The number of nitrogens with zero attached hydrogens (tertiary/aromatic N) is 3. The molecule has 2 N–H and O–H groups in total. The number of ether oxygens (including phenoxy) is 1. The van der Waals surface area contributed by atoms with Crippen LogP contribution in [0, 0.1) is 6.92 Å². The van der Waals surface area contributed by atoms with E-state index in [1.807, 2.05) is 25.4 Å². The maximum absolute atomic E-state index is 5.36. The van der Waals surface area contributed by atoms with Gasteiger partial charge in [-0.1, -0.05) is 6.07 Å². The molecule has 1 unspecified atom stereocenters. The number of anilines is 1. The van der Waals surface area contributed by atoms with Crippen LogP contribution in [0.25, 0.3) is 0 Å². The van der Waals surface area contributed by atoms with Gasteiger partial charge in [-0.25, -0.2) is 4.98 Å². The molecule has 1 aliphatic rings. The van der Waals surface area contributed by atoms with Gasteiger partial charge in [-0.2, -0.15) is 0 Å². The van der Waals surface area contributed by atoms with Crippen LogP contribution < -0.4 is 20.3 Å². The summed E-state index contributed by atoms with van der Waals surface area (Å²) in [6.07, 6.45) is 5.15. The highest BCUT2D eigenvalue weighted by Crippen LogP contribution is 2.24. The second-order valence-electron chi connectivity index (χ2n) is 6.74. The number of guanidine groups is 1. The Kier molecular flexibility index (Phi) is 6.92. The summed E-state index contributed by atoms with van der Waals surface area (Å²) in [5.74, 6) is 1.76. The highest BCUT2D eigenvalue weighted by molar-refractivity contribution is 7.11. The van der Waals surface area contributed by atoms with Crippen molar-refractivity contribution < 1.29 is 4.74 Å². The molecule has 0 bridgehead atoms. The van der Waals surface area contributed by atoms with Gasteiger partial charge in [0.15, 0.2) is 5.96 Å². The van der Waals surface area contributed by atoms with Crippen LogP contribution in [0.3, 0.4) is 0 Å². The first-order chi connectivity index (χ1) is 13.2. The van der Waals surface area contributed by atoms with Crippen molar-refractivity contribution >= 4 is 23.0 Å². The number of hydrogen-bond acceptors (Lipinski definition) is 5. The van der Waals surface area contributed by atoms with Gasteiger partial charge < -0.3 is 20.3 Å². The molecule has 0 radical (unpaired) electrons. The molecule has 6 nitrogen and oxygen atoms in total. The monoisotopic (exact) mass is 387 g/mol. The summed E-state index contributed by atoms with van der Waals surface area (Å²) in [6, 6.07) is 8.66. The first-order valence-corrected chi connectivity index (χ1v) is 10.3. The number of aryl methyl sites for hydroxylation is 1. The second kappa shape index (κ2) is 9.60. The Morgan fingerprint density at radius 3 is 3.07 bits per heavy atom. The second-order valence-corrected chi connectivity index (χ2v) is 8.06. The van der Waals surface area contributed by atoms with Crippen LogP contribution in [-0.2, 0) is 6.42 Å². The van der Waals surface area contributed by atoms with Crippen LogP contribution in [0.4, 0.5) is 5.69 Å². The highest BCUT2D eigenvalue weighted by atomic mass is 32.1.